The molecule has 0 amide bonds. The Balaban J connectivity index is 2.60. The number of carboxylic acids is 1. The fraction of sp³-hybridized carbons (Fsp3) is 0.300. The van der Waals surface area contributed by atoms with E-state index in [1.165, 1.54) is 0 Å². The summed E-state index contributed by atoms with van der Waals surface area (Å²) >= 11 is 3.28. The van der Waals surface area contributed by atoms with Crippen LogP contribution in [0.15, 0.2) is 28.7 Å². The molecule has 1 aromatic carbocycles. The Bertz CT molecular complexity index is 325. The Kier molecular flexibility index (Phi) is 4.10. The standard InChI is InChI=1S/C10H11BrO3/c11-8-3-1-2-7(6-8)9(12)4-5-10(13)14/h1-3,6,9,12H,4-5H2,(H,13,14). The Labute approximate surface area is 90.5 Å². The van der Waals surface area contributed by atoms with Crippen LogP contribution in [0.25, 0.3) is 0 Å². The van der Waals surface area contributed by atoms with Gasteiger partial charge in [0.25, 0.3) is 0 Å². The van der Waals surface area contributed by atoms with Gasteiger partial charge in [-0.25, -0.2) is 0 Å². The Morgan fingerprint density at radius 1 is 1.50 bits per heavy atom. The molecule has 0 saturated carbocycles. The van der Waals surface area contributed by atoms with Crippen molar-refractivity contribution >= 4 is 21.9 Å². The third kappa shape index (κ3) is 3.47. The summed E-state index contributed by atoms with van der Waals surface area (Å²) < 4.78 is 0.879. The molecule has 0 aliphatic carbocycles. The first-order chi connectivity index (χ1) is 6.59. The maximum absolute atomic E-state index is 10.3. The molecule has 1 atom stereocenters. The minimum Gasteiger partial charge on any atom is -0.481 e. The first-order valence-corrected chi connectivity index (χ1v) is 5.04. The zero-order valence-corrected chi connectivity index (χ0v) is 9.07. The Hall–Kier alpha value is -0.870. The number of carboxylic acid groups (broad SMARTS) is 1. The lowest BCUT2D eigenvalue weighted by atomic mass is 10.1. The van der Waals surface area contributed by atoms with Crippen LogP contribution in [0.1, 0.15) is 24.5 Å². The Morgan fingerprint density at radius 3 is 2.79 bits per heavy atom. The number of aliphatic hydroxyl groups excluding tert-OH is 1. The van der Waals surface area contributed by atoms with E-state index in [0.29, 0.717) is 0 Å². The summed E-state index contributed by atoms with van der Waals surface area (Å²) in [7, 11) is 0. The molecule has 0 heterocycles. The van der Waals surface area contributed by atoms with Crippen LogP contribution in [0.4, 0.5) is 0 Å². The molecule has 4 heteroatoms. The van der Waals surface area contributed by atoms with Gasteiger partial charge >= 0.3 is 5.97 Å². The summed E-state index contributed by atoms with van der Waals surface area (Å²) in [6.45, 7) is 0. The van der Waals surface area contributed by atoms with Gasteiger partial charge in [-0.05, 0) is 24.1 Å². The first kappa shape index (κ1) is 11.2. The number of hydrogen-bond donors (Lipinski definition) is 2. The van der Waals surface area contributed by atoms with Gasteiger partial charge in [0.05, 0.1) is 6.10 Å². The molecule has 2 N–H and O–H groups in total. The van der Waals surface area contributed by atoms with Gasteiger partial charge in [0.1, 0.15) is 0 Å². The van der Waals surface area contributed by atoms with Gasteiger partial charge in [-0.3, -0.25) is 4.79 Å². The normalized spacial score (nSPS) is 12.4. The second-order valence-electron chi connectivity index (χ2n) is 3.00. The lowest BCUT2D eigenvalue weighted by Crippen LogP contribution is -2.02. The number of hydrogen-bond acceptors (Lipinski definition) is 2. The van der Waals surface area contributed by atoms with Crippen LogP contribution < -0.4 is 0 Å². The monoisotopic (exact) mass is 258 g/mol. The highest BCUT2D eigenvalue weighted by Gasteiger charge is 2.09. The molecule has 0 aliphatic heterocycles. The second-order valence-corrected chi connectivity index (χ2v) is 3.92. The van der Waals surface area contributed by atoms with Crippen molar-refractivity contribution in [3.05, 3.63) is 34.3 Å². The molecule has 0 bridgehead atoms. The molecular weight excluding hydrogens is 248 g/mol. The highest BCUT2D eigenvalue weighted by atomic mass is 79.9. The number of aliphatic carboxylic acids is 1. The summed E-state index contributed by atoms with van der Waals surface area (Å²) in [4.78, 5) is 10.3. The van der Waals surface area contributed by atoms with Crippen LogP contribution in [-0.4, -0.2) is 16.2 Å². The molecular formula is C10H11BrO3. The third-order valence-corrected chi connectivity index (χ3v) is 2.36. The van der Waals surface area contributed by atoms with Crippen molar-refractivity contribution in [2.45, 2.75) is 18.9 Å². The molecule has 0 spiro atoms. The van der Waals surface area contributed by atoms with Crippen LogP contribution in [-0.2, 0) is 4.79 Å². The molecule has 0 radical (unpaired) electrons. The minimum absolute atomic E-state index is 0.0202. The van der Waals surface area contributed by atoms with E-state index in [0.717, 1.165) is 10.0 Å². The molecule has 3 nitrogen and oxygen atoms in total. The number of halogens is 1. The summed E-state index contributed by atoms with van der Waals surface area (Å²) in [6, 6.07) is 7.22. The number of carbonyl (C=O) groups is 1. The molecule has 76 valence electrons. The fourth-order valence-electron chi connectivity index (χ4n) is 1.14. The fourth-order valence-corrected chi connectivity index (χ4v) is 1.56. The molecule has 1 aromatic rings. The van der Waals surface area contributed by atoms with Crippen LogP contribution in [0, 0.1) is 0 Å². The van der Waals surface area contributed by atoms with E-state index >= 15 is 0 Å². The van der Waals surface area contributed by atoms with E-state index in [1.807, 2.05) is 12.1 Å². The average Bonchev–Trinajstić information content (AvgIpc) is 2.14. The van der Waals surface area contributed by atoms with Crippen LogP contribution >= 0.6 is 15.9 Å². The third-order valence-electron chi connectivity index (χ3n) is 1.87. The lowest BCUT2D eigenvalue weighted by Gasteiger charge is -2.09. The van der Waals surface area contributed by atoms with Crippen molar-refractivity contribution in [1.29, 1.82) is 0 Å². The predicted molar refractivity (Wildman–Crippen MR) is 56.0 cm³/mol. The summed E-state index contributed by atoms with van der Waals surface area (Å²) in [5.74, 6) is -0.890. The van der Waals surface area contributed by atoms with Crippen molar-refractivity contribution in [3.63, 3.8) is 0 Å². The largest absolute Gasteiger partial charge is 0.481 e. The van der Waals surface area contributed by atoms with Crippen LogP contribution in [0.2, 0.25) is 0 Å². The second kappa shape index (κ2) is 5.12. The summed E-state index contributed by atoms with van der Waals surface area (Å²) in [5, 5.41) is 18.1. The lowest BCUT2D eigenvalue weighted by molar-refractivity contribution is -0.137. The van der Waals surface area contributed by atoms with E-state index in [2.05, 4.69) is 15.9 Å². The van der Waals surface area contributed by atoms with Crippen molar-refractivity contribution in [1.82, 2.24) is 0 Å². The number of aliphatic hydroxyl groups is 1. The summed E-state index contributed by atoms with van der Waals surface area (Å²) in [6.07, 6.45) is -0.483. The molecule has 0 aromatic heterocycles. The molecule has 0 aliphatic rings. The van der Waals surface area contributed by atoms with Crippen LogP contribution in [0.5, 0.6) is 0 Å². The van der Waals surface area contributed by atoms with Crippen LogP contribution in [0.3, 0.4) is 0 Å². The smallest absolute Gasteiger partial charge is 0.303 e. The van der Waals surface area contributed by atoms with Crippen molar-refractivity contribution in [3.8, 4) is 0 Å². The maximum atomic E-state index is 10.3. The van der Waals surface area contributed by atoms with Crippen molar-refractivity contribution < 1.29 is 15.0 Å². The topological polar surface area (TPSA) is 57.5 Å². The molecule has 1 rings (SSSR count). The van der Waals surface area contributed by atoms with Gasteiger partial charge in [0.2, 0.25) is 0 Å². The minimum atomic E-state index is -0.890. The van der Waals surface area contributed by atoms with Crippen molar-refractivity contribution in [2.75, 3.05) is 0 Å². The van der Waals surface area contributed by atoms with E-state index in [9.17, 15) is 9.90 Å². The quantitative estimate of drug-likeness (QED) is 0.872. The van der Waals surface area contributed by atoms with E-state index in [1.54, 1.807) is 12.1 Å². The predicted octanol–water partition coefficient (Wildman–Crippen LogP) is 2.35. The van der Waals surface area contributed by atoms with Gasteiger partial charge in [-0.1, -0.05) is 28.1 Å². The van der Waals surface area contributed by atoms with E-state index in [-0.39, 0.29) is 12.8 Å². The van der Waals surface area contributed by atoms with Gasteiger partial charge in [-0.15, -0.1) is 0 Å². The molecule has 0 saturated heterocycles. The summed E-state index contributed by atoms with van der Waals surface area (Å²) in [5.41, 5.74) is 0.737. The van der Waals surface area contributed by atoms with Crippen molar-refractivity contribution in [2.24, 2.45) is 0 Å². The van der Waals surface area contributed by atoms with E-state index < -0.39 is 12.1 Å². The van der Waals surface area contributed by atoms with Gasteiger partial charge in [-0.2, -0.15) is 0 Å². The van der Waals surface area contributed by atoms with Gasteiger partial charge < -0.3 is 10.2 Å². The number of benzene rings is 1. The average molecular weight is 259 g/mol. The van der Waals surface area contributed by atoms with E-state index in [4.69, 9.17) is 5.11 Å². The Morgan fingerprint density at radius 2 is 2.21 bits per heavy atom. The highest BCUT2D eigenvalue weighted by Crippen LogP contribution is 2.21. The first-order valence-electron chi connectivity index (χ1n) is 4.25. The molecule has 1 unspecified atom stereocenters. The molecule has 14 heavy (non-hydrogen) atoms. The SMILES string of the molecule is O=C(O)CCC(O)c1cccc(Br)c1. The van der Waals surface area contributed by atoms with Gasteiger partial charge in [0, 0.05) is 10.9 Å². The van der Waals surface area contributed by atoms with Gasteiger partial charge in [0.15, 0.2) is 0 Å². The highest BCUT2D eigenvalue weighted by molar-refractivity contribution is 9.10. The maximum Gasteiger partial charge on any atom is 0.303 e. The molecule has 0 fully saturated rings. The number of rotatable bonds is 4. The zero-order valence-electron chi connectivity index (χ0n) is 7.48. The zero-order chi connectivity index (χ0) is 10.6.